The van der Waals surface area contributed by atoms with E-state index < -0.39 is 62.6 Å². The molecule has 22 heteroatoms. The van der Waals surface area contributed by atoms with Crippen LogP contribution in [0.15, 0.2) is 31.7 Å². The van der Waals surface area contributed by atoms with Crippen LogP contribution in [-0.4, -0.2) is 94.1 Å². The molecule has 42 heavy (non-hydrogen) atoms. The van der Waals surface area contributed by atoms with E-state index in [9.17, 15) is 37.5 Å². The summed E-state index contributed by atoms with van der Waals surface area (Å²) in [6, 6.07) is -1.16. The van der Waals surface area contributed by atoms with Crippen LogP contribution in [0.3, 0.4) is 0 Å². The molecule has 4 heterocycles. The lowest BCUT2D eigenvalue weighted by Gasteiger charge is -2.49. The summed E-state index contributed by atoms with van der Waals surface area (Å²) in [4.78, 5) is 59.8. The fourth-order valence-corrected chi connectivity index (χ4v) is 7.63. The molecule has 3 N–H and O–H groups in total. The quantitative estimate of drug-likeness (QED) is 0.109. The lowest BCUT2D eigenvalue weighted by atomic mass is 10.0. The summed E-state index contributed by atoms with van der Waals surface area (Å²) in [5.74, 6) is -4.77. The number of fused-ring (bicyclic) bond motifs is 1. The number of anilines is 1. The van der Waals surface area contributed by atoms with E-state index >= 15 is 0 Å². The van der Waals surface area contributed by atoms with Gasteiger partial charge in [0.15, 0.2) is 25.6 Å². The molecule has 3 aliphatic rings. The number of halogens is 5. The van der Waals surface area contributed by atoms with Gasteiger partial charge in [-0.1, -0.05) is 51.5 Å². The lowest BCUT2D eigenvalue weighted by Crippen LogP contribution is -2.71. The predicted molar refractivity (Wildman–Crippen MR) is 148 cm³/mol. The number of nitrogens with one attached hydrogen (secondary N) is 2. The summed E-state index contributed by atoms with van der Waals surface area (Å²) >= 11 is 16.2. The number of β-lactam (4-membered cyclic amide) rings is 1. The summed E-state index contributed by atoms with van der Waals surface area (Å²) in [5, 5.41) is 25.2. The molecule has 2 aromatic heterocycles. The van der Waals surface area contributed by atoms with E-state index in [1.54, 1.807) is 5.32 Å². The van der Waals surface area contributed by atoms with Gasteiger partial charge in [-0.25, -0.2) is 9.78 Å². The Balaban J connectivity index is 1.32. The Morgan fingerprint density at radius 1 is 1.31 bits per heavy atom. The fourth-order valence-electron chi connectivity index (χ4n) is 3.61. The van der Waals surface area contributed by atoms with Gasteiger partial charge in [0, 0.05) is 23.3 Å². The number of alkyl halides is 5. The first-order valence-corrected chi connectivity index (χ1v) is 15.9. The van der Waals surface area contributed by atoms with Crippen LogP contribution in [0.5, 0.6) is 0 Å². The van der Waals surface area contributed by atoms with Crippen LogP contribution >= 0.6 is 69.4 Å². The number of nitrogens with zero attached hydrogens (tertiary/aromatic N) is 5. The molecule has 1 unspecified atom stereocenters. The van der Waals surface area contributed by atoms with Gasteiger partial charge in [0.1, 0.15) is 28.3 Å². The number of thioether (sulfide) groups is 2. The van der Waals surface area contributed by atoms with Gasteiger partial charge in [-0.05, 0) is 5.57 Å². The van der Waals surface area contributed by atoms with Crippen LogP contribution in [0.1, 0.15) is 12.1 Å². The molecular weight excluding hydrogens is 690 g/mol. The molecule has 2 aliphatic heterocycles. The molecule has 5 rings (SSSR count). The van der Waals surface area contributed by atoms with Gasteiger partial charge in [-0.3, -0.25) is 24.6 Å². The van der Waals surface area contributed by atoms with Crippen molar-refractivity contribution in [2.75, 3.05) is 16.8 Å². The van der Waals surface area contributed by atoms with Crippen molar-refractivity contribution in [1.29, 1.82) is 0 Å². The molecule has 0 aromatic carbocycles. The molecule has 1 aliphatic carbocycles. The van der Waals surface area contributed by atoms with Crippen molar-refractivity contribution in [2.45, 2.75) is 38.8 Å². The standard InChI is InChI=1S/C20H14Cl2F3N7O6S4/c21-19(22)1-8(19)38-31-9(7-4-40-17(27-7)29-16(37)20(23,24)25)12(33)28-10-13(34)32-11(15(35)36)6(2-39-14(10)32)3-41-18-30-26-5-42-18/h4-5,8,10,14H,1-3H2,(H,28,33)(H,35,36)(H,27,29,37)/t8?,10-,14+/m1/s1. The Kier molecular flexibility index (Phi) is 8.65. The highest BCUT2D eigenvalue weighted by atomic mass is 35.5. The Morgan fingerprint density at radius 2 is 2.05 bits per heavy atom. The highest BCUT2D eigenvalue weighted by Gasteiger charge is 2.56. The van der Waals surface area contributed by atoms with E-state index in [0.717, 1.165) is 10.3 Å². The maximum absolute atomic E-state index is 13.3. The van der Waals surface area contributed by atoms with Gasteiger partial charge < -0.3 is 15.3 Å². The normalized spacial score (nSPS) is 23.2. The van der Waals surface area contributed by atoms with E-state index in [0.29, 0.717) is 21.2 Å². The summed E-state index contributed by atoms with van der Waals surface area (Å²) in [5.41, 5.74) is 1.02. The minimum Gasteiger partial charge on any atom is -0.477 e. The van der Waals surface area contributed by atoms with E-state index in [2.05, 4.69) is 25.7 Å². The van der Waals surface area contributed by atoms with Crippen LogP contribution in [-0.2, 0) is 24.0 Å². The number of oxime groups is 1. The first-order valence-electron chi connectivity index (χ1n) is 11.3. The third-order valence-electron chi connectivity index (χ3n) is 5.73. The SMILES string of the molecule is O=C(O)C1=C(CSc2nncs2)CS[C@H]2[C@H](NC(=O)C(=NOC3CC3(Cl)Cl)c3csc(NC(=O)C(F)(F)F)n3)C(=O)N12. The molecule has 0 radical (unpaired) electrons. The van der Waals surface area contributed by atoms with Crippen molar-refractivity contribution in [2.24, 2.45) is 5.16 Å². The number of aromatic nitrogens is 3. The Bertz CT molecular complexity index is 1500. The molecule has 1 saturated heterocycles. The van der Waals surface area contributed by atoms with E-state index in [-0.39, 0.29) is 29.3 Å². The van der Waals surface area contributed by atoms with Crippen molar-refractivity contribution >= 4 is 104 Å². The van der Waals surface area contributed by atoms with Gasteiger partial charge in [-0.15, -0.1) is 33.3 Å². The molecule has 2 fully saturated rings. The number of hydrogen-bond acceptors (Lipinski definition) is 13. The molecule has 224 valence electrons. The van der Waals surface area contributed by atoms with Crippen LogP contribution in [0, 0.1) is 0 Å². The summed E-state index contributed by atoms with van der Waals surface area (Å²) in [6.07, 6.45) is -5.79. The number of carboxylic acid groups (broad SMARTS) is 1. The third-order valence-corrected chi connectivity index (χ3v) is 10.6. The average Bonchev–Trinajstić information content (AvgIpc) is 3.32. The average molecular weight is 705 g/mol. The Labute approximate surface area is 259 Å². The highest BCUT2D eigenvalue weighted by molar-refractivity contribution is 8.01. The summed E-state index contributed by atoms with van der Waals surface area (Å²) in [7, 11) is 0. The smallest absolute Gasteiger partial charge is 0.471 e. The monoisotopic (exact) mass is 703 g/mol. The lowest BCUT2D eigenvalue weighted by molar-refractivity contribution is -0.167. The topological polar surface area (TPSA) is 176 Å². The van der Waals surface area contributed by atoms with Crippen molar-refractivity contribution in [3.8, 4) is 0 Å². The number of carbonyl (C=O) groups excluding carboxylic acids is 3. The largest absolute Gasteiger partial charge is 0.477 e. The maximum atomic E-state index is 13.3. The predicted octanol–water partition coefficient (Wildman–Crippen LogP) is 2.69. The van der Waals surface area contributed by atoms with Crippen molar-refractivity contribution in [3.63, 3.8) is 0 Å². The molecule has 0 spiro atoms. The Morgan fingerprint density at radius 3 is 2.67 bits per heavy atom. The second-order valence-electron chi connectivity index (χ2n) is 8.60. The van der Waals surface area contributed by atoms with Gasteiger partial charge >= 0.3 is 18.1 Å². The van der Waals surface area contributed by atoms with Crippen LogP contribution in [0.25, 0.3) is 0 Å². The van der Waals surface area contributed by atoms with Crippen molar-refractivity contribution < 1.29 is 42.3 Å². The zero-order chi connectivity index (χ0) is 30.4. The number of hydrogen-bond donors (Lipinski definition) is 3. The van der Waals surface area contributed by atoms with Crippen molar-refractivity contribution in [3.05, 3.63) is 27.9 Å². The first-order chi connectivity index (χ1) is 19.8. The number of aliphatic carboxylic acids is 1. The zero-order valence-electron chi connectivity index (χ0n) is 20.3. The van der Waals surface area contributed by atoms with Crippen LogP contribution < -0.4 is 10.6 Å². The van der Waals surface area contributed by atoms with Gasteiger partial charge in [-0.2, -0.15) is 13.2 Å². The van der Waals surface area contributed by atoms with Crippen LogP contribution in [0.2, 0.25) is 0 Å². The Hall–Kier alpha value is -2.65. The van der Waals surface area contributed by atoms with Gasteiger partial charge in [0.25, 0.3) is 11.8 Å². The molecule has 0 bridgehead atoms. The van der Waals surface area contributed by atoms with Crippen LogP contribution in [0.4, 0.5) is 18.3 Å². The minimum atomic E-state index is -5.17. The van der Waals surface area contributed by atoms with Gasteiger partial charge in [0.2, 0.25) is 0 Å². The fraction of sp³-hybridized carbons (Fsp3) is 0.400. The number of carboxylic acids is 1. The third kappa shape index (κ3) is 6.47. The van der Waals surface area contributed by atoms with E-state index in [1.165, 1.54) is 40.4 Å². The second kappa shape index (κ2) is 11.8. The molecule has 3 atom stereocenters. The number of rotatable bonds is 10. The molecule has 3 amide bonds. The summed E-state index contributed by atoms with van der Waals surface area (Å²) < 4.78 is 37.3. The second-order valence-corrected chi connectivity index (χ2v) is 14.2. The molecule has 13 nitrogen and oxygen atoms in total. The molecular formula is C20H14Cl2F3N7O6S4. The number of carbonyl (C=O) groups is 4. The zero-order valence-corrected chi connectivity index (χ0v) is 25.0. The maximum Gasteiger partial charge on any atom is 0.471 e. The minimum absolute atomic E-state index is 0.178. The highest BCUT2D eigenvalue weighted by Crippen LogP contribution is 2.49. The van der Waals surface area contributed by atoms with Gasteiger partial charge in [0.05, 0.1) is 0 Å². The van der Waals surface area contributed by atoms with Crippen molar-refractivity contribution in [1.82, 2.24) is 25.4 Å². The van der Waals surface area contributed by atoms with E-state index in [1.807, 2.05) is 0 Å². The number of thiazole rings is 1. The molecule has 1 saturated carbocycles. The summed E-state index contributed by atoms with van der Waals surface area (Å²) in [6.45, 7) is 0. The van der Waals surface area contributed by atoms with E-state index in [4.69, 9.17) is 28.0 Å². The first kappa shape index (κ1) is 30.8. The number of amides is 3. The molecule has 2 aromatic rings.